The molecule has 0 amide bonds. The zero-order valence-electron chi connectivity index (χ0n) is 33.7. The lowest BCUT2D eigenvalue weighted by molar-refractivity contribution is 1.07. The average molecular weight is 801 g/mol. The Hall–Kier alpha value is -8.61. The van der Waals surface area contributed by atoms with E-state index in [4.69, 9.17) is 15.0 Å². The smallest absolute Gasteiger partial charge is 0.166 e. The van der Waals surface area contributed by atoms with E-state index in [-0.39, 0.29) is 0 Å². The van der Waals surface area contributed by atoms with Gasteiger partial charge in [-0.25, -0.2) is 15.0 Å². The Morgan fingerprint density at radius 1 is 0.270 bits per heavy atom. The van der Waals surface area contributed by atoms with Crippen molar-refractivity contribution < 1.29 is 0 Å². The molecule has 0 radical (unpaired) electrons. The summed E-state index contributed by atoms with van der Waals surface area (Å²) in [6, 6.07) is 69.6. The summed E-state index contributed by atoms with van der Waals surface area (Å²) in [6.45, 7) is 0. The van der Waals surface area contributed by atoms with Gasteiger partial charge in [0.05, 0.1) is 38.6 Å². The van der Waals surface area contributed by atoms with Gasteiger partial charge in [0.25, 0.3) is 0 Å². The van der Waals surface area contributed by atoms with Crippen LogP contribution in [0.3, 0.4) is 0 Å². The van der Waals surface area contributed by atoms with Crippen molar-refractivity contribution in [3.8, 4) is 45.5 Å². The lowest BCUT2D eigenvalue weighted by Crippen LogP contribution is -2.02. The lowest BCUT2D eigenvalue weighted by atomic mass is 10.0. The van der Waals surface area contributed by atoms with Gasteiger partial charge in [-0.05, 0) is 66.0 Å². The number of benzene rings is 9. The van der Waals surface area contributed by atoms with E-state index in [1.165, 1.54) is 76.1 Å². The van der Waals surface area contributed by atoms with E-state index < -0.39 is 0 Å². The molecule has 0 bridgehead atoms. The maximum atomic E-state index is 5.31. The van der Waals surface area contributed by atoms with Crippen molar-refractivity contribution in [3.05, 3.63) is 194 Å². The van der Waals surface area contributed by atoms with E-state index >= 15 is 0 Å². The molecule has 0 aliphatic heterocycles. The highest BCUT2D eigenvalue weighted by Gasteiger charge is 2.27. The highest BCUT2D eigenvalue weighted by atomic mass is 15.1. The molecule has 15 rings (SSSR count). The topological polar surface area (TPSA) is 52.9 Å². The summed E-state index contributed by atoms with van der Waals surface area (Å²) in [6.07, 6.45) is 0. The minimum absolute atomic E-state index is 0.622. The summed E-state index contributed by atoms with van der Waals surface area (Å²) in [5.74, 6) is 1.88. The van der Waals surface area contributed by atoms with E-state index in [1.807, 2.05) is 18.2 Å². The maximum Gasteiger partial charge on any atom is 0.166 e. The van der Waals surface area contributed by atoms with Crippen molar-refractivity contribution >= 4 is 92.5 Å². The van der Waals surface area contributed by atoms with E-state index in [2.05, 4.69) is 189 Å². The van der Waals surface area contributed by atoms with Gasteiger partial charge in [0, 0.05) is 76.5 Å². The summed E-state index contributed by atoms with van der Waals surface area (Å²) in [5.41, 5.74) is 13.4. The Labute approximate surface area is 359 Å². The summed E-state index contributed by atoms with van der Waals surface area (Å²) in [7, 11) is 0. The first-order valence-corrected chi connectivity index (χ1v) is 21.5. The highest BCUT2D eigenvalue weighted by Crippen LogP contribution is 2.49. The van der Waals surface area contributed by atoms with Crippen molar-refractivity contribution in [2.45, 2.75) is 0 Å². The van der Waals surface area contributed by atoms with E-state index in [9.17, 15) is 0 Å². The molecule has 0 unspecified atom stereocenters. The summed E-state index contributed by atoms with van der Waals surface area (Å²) in [5, 5.41) is 12.7. The van der Waals surface area contributed by atoms with Gasteiger partial charge in [-0.2, -0.15) is 0 Å². The molecule has 6 heterocycles. The van der Waals surface area contributed by atoms with Crippen molar-refractivity contribution in [1.82, 2.24) is 28.5 Å². The molecule has 0 aliphatic rings. The minimum atomic E-state index is 0.622. The molecule has 15 aromatic rings. The van der Waals surface area contributed by atoms with Gasteiger partial charge in [-0.15, -0.1) is 0 Å². The van der Waals surface area contributed by atoms with Crippen LogP contribution in [-0.2, 0) is 0 Å². The Bertz CT molecular complexity index is 4290. The molecular weight excluding hydrogens is 769 g/mol. The van der Waals surface area contributed by atoms with Crippen LogP contribution in [0, 0.1) is 0 Å². The second kappa shape index (κ2) is 12.0. The number of para-hydroxylation sites is 5. The molecule has 0 saturated carbocycles. The maximum absolute atomic E-state index is 5.31. The molecule has 63 heavy (non-hydrogen) atoms. The van der Waals surface area contributed by atoms with Gasteiger partial charge in [-0.3, -0.25) is 0 Å². The third-order valence-corrected chi connectivity index (χ3v) is 13.5. The second-order valence-corrected chi connectivity index (χ2v) is 16.7. The molecule has 0 aliphatic carbocycles. The van der Waals surface area contributed by atoms with Gasteiger partial charge in [0.15, 0.2) is 17.5 Å². The first-order valence-electron chi connectivity index (χ1n) is 21.5. The fourth-order valence-electron chi connectivity index (χ4n) is 11.0. The van der Waals surface area contributed by atoms with Crippen LogP contribution in [-0.4, -0.2) is 28.5 Å². The number of rotatable bonds is 5. The third kappa shape index (κ3) is 4.29. The molecule has 0 fully saturated rings. The molecule has 0 saturated heterocycles. The van der Waals surface area contributed by atoms with Crippen LogP contribution in [0.5, 0.6) is 0 Å². The van der Waals surface area contributed by atoms with Gasteiger partial charge >= 0.3 is 0 Å². The van der Waals surface area contributed by atoms with Crippen molar-refractivity contribution in [2.75, 3.05) is 0 Å². The molecule has 0 atom stereocenters. The van der Waals surface area contributed by atoms with Crippen LogP contribution in [0.4, 0.5) is 0 Å². The van der Waals surface area contributed by atoms with Crippen LogP contribution in [0.2, 0.25) is 0 Å². The van der Waals surface area contributed by atoms with E-state index in [0.717, 1.165) is 44.5 Å². The SMILES string of the molecule is c1ccc(-c2nc(-c3ccc(-n4c5cccc6c7cccc8c9cccc%10c%11ccc4c(c65)c%11n(c78)c9%10)cc3)nc(-c3cccc4c5ccccc5n(-c5ccccc5)c34)n2)cc1. The number of nitrogens with zero attached hydrogens (tertiary/aromatic N) is 6. The summed E-state index contributed by atoms with van der Waals surface area (Å²) in [4.78, 5) is 15.7. The molecule has 0 spiro atoms. The second-order valence-electron chi connectivity index (χ2n) is 16.7. The van der Waals surface area contributed by atoms with Crippen molar-refractivity contribution in [2.24, 2.45) is 0 Å². The van der Waals surface area contributed by atoms with Crippen LogP contribution >= 0.6 is 0 Å². The molecule has 6 heteroatoms. The molecular formula is C57H32N6. The van der Waals surface area contributed by atoms with Crippen molar-refractivity contribution in [1.29, 1.82) is 0 Å². The molecule has 0 N–H and O–H groups in total. The molecule has 6 aromatic heterocycles. The fraction of sp³-hybridized carbons (Fsp3) is 0. The molecule has 9 aromatic carbocycles. The van der Waals surface area contributed by atoms with Crippen LogP contribution in [0.15, 0.2) is 194 Å². The van der Waals surface area contributed by atoms with E-state index in [1.54, 1.807) is 0 Å². The zero-order chi connectivity index (χ0) is 40.9. The van der Waals surface area contributed by atoms with Crippen LogP contribution < -0.4 is 0 Å². The predicted octanol–water partition coefficient (Wildman–Crippen LogP) is 14.2. The summed E-state index contributed by atoms with van der Waals surface area (Å²) >= 11 is 0. The number of hydrogen-bond donors (Lipinski definition) is 0. The number of hydrogen-bond acceptors (Lipinski definition) is 3. The third-order valence-electron chi connectivity index (χ3n) is 13.5. The quantitative estimate of drug-likeness (QED) is 0.174. The number of aromatic nitrogens is 6. The largest absolute Gasteiger partial charge is 0.309 e. The summed E-state index contributed by atoms with van der Waals surface area (Å²) < 4.78 is 7.33. The van der Waals surface area contributed by atoms with Crippen molar-refractivity contribution in [3.63, 3.8) is 0 Å². The van der Waals surface area contributed by atoms with Crippen LogP contribution in [0.25, 0.3) is 138 Å². The highest BCUT2D eigenvalue weighted by molar-refractivity contribution is 6.37. The Morgan fingerprint density at radius 3 is 1.49 bits per heavy atom. The monoisotopic (exact) mass is 800 g/mol. The standard InChI is InChI=1S/C57H32N6/c1-3-13-33(14-4-1)55-58-56(60-57(59-55)45-24-11-19-39-37-17-7-8-25-46(37)62(53(39)45)35-15-5-2-6-16-35)34-27-29-36(30-28-34)61-47-26-12-18-38-40-20-9-21-41-42-22-10-23-43-44-31-32-48(61)50(49(38)47)54(44)63(51(40)41)52(42)43/h1-32H. The first-order chi connectivity index (χ1) is 31.3. The number of fused-ring (bicyclic) bond motifs is 6. The van der Waals surface area contributed by atoms with Gasteiger partial charge in [-0.1, -0.05) is 133 Å². The van der Waals surface area contributed by atoms with Gasteiger partial charge < -0.3 is 13.5 Å². The normalized spacial score (nSPS) is 12.4. The van der Waals surface area contributed by atoms with Gasteiger partial charge in [0.2, 0.25) is 0 Å². The van der Waals surface area contributed by atoms with E-state index in [0.29, 0.717) is 17.5 Å². The molecule has 290 valence electrons. The Kier molecular flexibility index (Phi) is 6.33. The zero-order valence-corrected chi connectivity index (χ0v) is 33.7. The lowest BCUT2D eigenvalue weighted by Gasteiger charge is -2.13. The first kappa shape index (κ1) is 33.1. The van der Waals surface area contributed by atoms with Gasteiger partial charge in [0.1, 0.15) is 0 Å². The predicted molar refractivity (Wildman–Crippen MR) is 259 cm³/mol. The van der Waals surface area contributed by atoms with Crippen LogP contribution in [0.1, 0.15) is 0 Å². The Balaban J connectivity index is 0.952. The minimum Gasteiger partial charge on any atom is -0.309 e. The fourth-order valence-corrected chi connectivity index (χ4v) is 11.0. The molecule has 6 nitrogen and oxygen atoms in total. The Morgan fingerprint density at radius 2 is 0.762 bits per heavy atom. The average Bonchev–Trinajstić information content (AvgIpc) is 4.06.